The lowest BCUT2D eigenvalue weighted by molar-refractivity contribution is 1.17. The van der Waals surface area contributed by atoms with Crippen molar-refractivity contribution in [1.29, 1.82) is 0 Å². The predicted octanol–water partition coefficient (Wildman–Crippen LogP) is 2.98. The van der Waals surface area contributed by atoms with Gasteiger partial charge in [0.15, 0.2) is 8.24 Å². The highest BCUT2D eigenvalue weighted by Crippen LogP contribution is 2.37. The molecule has 0 radical (unpaired) electrons. The molecular weight excluding hydrogens is 198 g/mol. The third-order valence-corrected chi connectivity index (χ3v) is 6.62. The van der Waals surface area contributed by atoms with Crippen LogP contribution in [-0.2, 0) is 6.42 Å². The molecule has 1 nitrogen and oxygen atoms in total. The molecule has 1 aliphatic carbocycles. The molecule has 0 saturated carbocycles. The Morgan fingerprint density at radius 1 is 1.20 bits per heavy atom. The third-order valence-electron chi connectivity index (χ3n) is 3.42. The van der Waals surface area contributed by atoms with E-state index in [9.17, 15) is 0 Å². The molecule has 0 atom stereocenters. The number of allylic oxidation sites excluding steroid dienone is 1. The van der Waals surface area contributed by atoms with E-state index < -0.39 is 8.24 Å². The van der Waals surface area contributed by atoms with Crippen LogP contribution in [0.25, 0.3) is 5.20 Å². The van der Waals surface area contributed by atoms with Crippen molar-refractivity contribution in [2.45, 2.75) is 26.4 Å². The van der Waals surface area contributed by atoms with Crippen LogP contribution in [0, 0.1) is 0 Å². The van der Waals surface area contributed by atoms with Crippen molar-refractivity contribution in [2.75, 3.05) is 7.05 Å². The second-order valence-electron chi connectivity index (χ2n) is 4.86. The van der Waals surface area contributed by atoms with Crippen LogP contribution in [0.2, 0.25) is 13.1 Å². The van der Waals surface area contributed by atoms with Crippen LogP contribution in [0.4, 0.5) is 0 Å². The molecule has 0 spiro atoms. The Labute approximate surface area is 93.3 Å². The Kier molecular flexibility index (Phi) is 2.57. The van der Waals surface area contributed by atoms with Gasteiger partial charge >= 0.3 is 0 Å². The SMILES string of the molecule is CN[Si](C)(C)C1=C(C)Cc2ccccc21. The molecule has 0 amide bonds. The fourth-order valence-corrected chi connectivity index (χ4v) is 4.84. The predicted molar refractivity (Wildman–Crippen MR) is 69.3 cm³/mol. The highest BCUT2D eigenvalue weighted by Gasteiger charge is 2.31. The second kappa shape index (κ2) is 3.61. The van der Waals surface area contributed by atoms with Gasteiger partial charge in [-0.1, -0.05) is 42.9 Å². The average molecular weight is 217 g/mol. The summed E-state index contributed by atoms with van der Waals surface area (Å²) < 4.78 is 0. The fraction of sp³-hybridized carbons (Fsp3) is 0.385. The Hall–Kier alpha value is -0.863. The summed E-state index contributed by atoms with van der Waals surface area (Å²) >= 11 is 0. The van der Waals surface area contributed by atoms with Crippen molar-refractivity contribution >= 4 is 13.4 Å². The minimum atomic E-state index is -1.43. The van der Waals surface area contributed by atoms with Crippen LogP contribution in [-0.4, -0.2) is 15.3 Å². The summed E-state index contributed by atoms with van der Waals surface area (Å²) in [5.41, 5.74) is 4.55. The lowest BCUT2D eigenvalue weighted by Gasteiger charge is -2.25. The molecule has 80 valence electrons. The average Bonchev–Trinajstić information content (AvgIpc) is 2.54. The smallest absolute Gasteiger partial charge is 0.151 e. The molecule has 0 aliphatic heterocycles. The Morgan fingerprint density at radius 3 is 2.53 bits per heavy atom. The van der Waals surface area contributed by atoms with Crippen LogP contribution in [0.15, 0.2) is 29.8 Å². The van der Waals surface area contributed by atoms with E-state index in [4.69, 9.17) is 0 Å². The summed E-state index contributed by atoms with van der Waals surface area (Å²) in [6.07, 6.45) is 1.14. The second-order valence-corrected chi connectivity index (χ2v) is 9.11. The molecular formula is C13H19NSi. The summed E-state index contributed by atoms with van der Waals surface area (Å²) in [4.78, 5) is 3.54. The van der Waals surface area contributed by atoms with Gasteiger partial charge in [-0.05, 0) is 36.7 Å². The molecule has 15 heavy (non-hydrogen) atoms. The van der Waals surface area contributed by atoms with E-state index in [0.29, 0.717) is 0 Å². The first-order valence-corrected chi connectivity index (χ1v) is 8.53. The largest absolute Gasteiger partial charge is 0.337 e. The molecule has 0 bridgehead atoms. The zero-order chi connectivity index (χ0) is 11.1. The first kappa shape index (κ1) is 10.6. The fourth-order valence-electron chi connectivity index (χ4n) is 2.52. The van der Waals surface area contributed by atoms with E-state index in [0.717, 1.165) is 6.42 Å². The molecule has 2 rings (SSSR count). The van der Waals surface area contributed by atoms with E-state index in [1.165, 1.54) is 11.1 Å². The first-order valence-electron chi connectivity index (χ1n) is 5.53. The monoisotopic (exact) mass is 217 g/mol. The highest BCUT2D eigenvalue weighted by molar-refractivity contribution is 6.93. The minimum absolute atomic E-state index is 1.14. The normalized spacial score (nSPS) is 15.7. The van der Waals surface area contributed by atoms with Crippen LogP contribution >= 0.6 is 0 Å². The molecule has 0 aromatic heterocycles. The molecule has 1 N–H and O–H groups in total. The van der Waals surface area contributed by atoms with Crippen molar-refractivity contribution in [1.82, 2.24) is 4.98 Å². The lowest BCUT2D eigenvalue weighted by Crippen LogP contribution is -2.43. The summed E-state index contributed by atoms with van der Waals surface area (Å²) in [5.74, 6) is 0. The van der Waals surface area contributed by atoms with E-state index >= 15 is 0 Å². The van der Waals surface area contributed by atoms with Gasteiger partial charge in [-0.2, -0.15) is 0 Å². The van der Waals surface area contributed by atoms with Crippen LogP contribution in [0.3, 0.4) is 0 Å². The van der Waals surface area contributed by atoms with Crippen molar-refractivity contribution in [3.05, 3.63) is 41.0 Å². The zero-order valence-electron chi connectivity index (χ0n) is 10.0. The van der Waals surface area contributed by atoms with E-state index in [1.807, 2.05) is 0 Å². The summed E-state index contributed by atoms with van der Waals surface area (Å²) in [7, 11) is 0.662. The molecule has 1 aromatic rings. The van der Waals surface area contributed by atoms with Crippen molar-refractivity contribution in [3.8, 4) is 0 Å². The standard InChI is InChI=1S/C13H19NSi/c1-10-9-11-7-5-6-8-12(11)13(10)15(3,4)14-2/h5-8,14H,9H2,1-4H3. The van der Waals surface area contributed by atoms with Gasteiger partial charge in [0.25, 0.3) is 0 Å². The summed E-state index contributed by atoms with van der Waals surface area (Å²) in [6, 6.07) is 8.82. The third kappa shape index (κ3) is 1.68. The number of benzene rings is 1. The number of hydrogen-bond donors (Lipinski definition) is 1. The van der Waals surface area contributed by atoms with Crippen molar-refractivity contribution < 1.29 is 0 Å². The maximum atomic E-state index is 3.54. The number of nitrogens with one attached hydrogen (secondary N) is 1. The highest BCUT2D eigenvalue weighted by atomic mass is 28.3. The molecule has 0 heterocycles. The maximum Gasteiger partial charge on any atom is 0.151 e. The van der Waals surface area contributed by atoms with Crippen LogP contribution < -0.4 is 4.98 Å². The molecule has 1 aliphatic rings. The molecule has 1 aromatic carbocycles. The topological polar surface area (TPSA) is 12.0 Å². The number of hydrogen-bond acceptors (Lipinski definition) is 1. The van der Waals surface area contributed by atoms with Gasteiger partial charge in [0.1, 0.15) is 0 Å². The zero-order valence-corrected chi connectivity index (χ0v) is 11.0. The van der Waals surface area contributed by atoms with Crippen molar-refractivity contribution in [3.63, 3.8) is 0 Å². The molecule has 0 unspecified atom stereocenters. The Bertz CT molecular complexity index is 418. The lowest BCUT2D eigenvalue weighted by atomic mass is 10.1. The number of fused-ring (bicyclic) bond motifs is 1. The van der Waals surface area contributed by atoms with Gasteiger partial charge in [-0.3, -0.25) is 0 Å². The molecule has 2 heteroatoms. The summed E-state index contributed by atoms with van der Waals surface area (Å²) in [6.45, 7) is 7.04. The van der Waals surface area contributed by atoms with Gasteiger partial charge in [-0.25, -0.2) is 0 Å². The van der Waals surface area contributed by atoms with Crippen LogP contribution in [0.5, 0.6) is 0 Å². The van der Waals surface area contributed by atoms with E-state index in [1.54, 1.807) is 10.8 Å². The minimum Gasteiger partial charge on any atom is -0.337 e. The van der Waals surface area contributed by atoms with Gasteiger partial charge in [0.2, 0.25) is 0 Å². The summed E-state index contributed by atoms with van der Waals surface area (Å²) in [5, 5.41) is 1.61. The van der Waals surface area contributed by atoms with Gasteiger partial charge < -0.3 is 4.98 Å². The van der Waals surface area contributed by atoms with Gasteiger partial charge in [0, 0.05) is 0 Å². The Balaban J connectivity index is 2.53. The Morgan fingerprint density at radius 2 is 1.87 bits per heavy atom. The number of rotatable bonds is 2. The van der Waals surface area contributed by atoms with Gasteiger partial charge in [-0.15, -0.1) is 0 Å². The van der Waals surface area contributed by atoms with Gasteiger partial charge in [0.05, 0.1) is 0 Å². The quantitative estimate of drug-likeness (QED) is 0.751. The van der Waals surface area contributed by atoms with E-state index in [-0.39, 0.29) is 0 Å². The molecule has 0 saturated heterocycles. The maximum absolute atomic E-state index is 3.54. The first-order chi connectivity index (χ1) is 7.06. The molecule has 0 fully saturated rings. The van der Waals surface area contributed by atoms with Crippen molar-refractivity contribution in [2.24, 2.45) is 0 Å². The van der Waals surface area contributed by atoms with Crippen LogP contribution in [0.1, 0.15) is 18.1 Å². The van der Waals surface area contributed by atoms with E-state index in [2.05, 4.69) is 56.3 Å².